The van der Waals surface area contributed by atoms with Crippen LogP contribution in [0, 0.1) is 17.2 Å². The van der Waals surface area contributed by atoms with Crippen LogP contribution in [0.2, 0.25) is 0 Å². The fourth-order valence-corrected chi connectivity index (χ4v) is 4.15. The molecule has 0 unspecified atom stereocenters. The van der Waals surface area contributed by atoms with Gasteiger partial charge in [0.2, 0.25) is 11.8 Å². The molecule has 1 saturated heterocycles. The van der Waals surface area contributed by atoms with Crippen molar-refractivity contribution in [3.63, 3.8) is 0 Å². The zero-order chi connectivity index (χ0) is 19.5. The van der Waals surface area contributed by atoms with E-state index in [9.17, 15) is 9.59 Å². The van der Waals surface area contributed by atoms with Gasteiger partial charge < -0.3 is 9.80 Å². The number of fused-ring (bicyclic) bond motifs is 1. The Morgan fingerprint density at radius 2 is 1.71 bits per heavy atom. The summed E-state index contributed by atoms with van der Waals surface area (Å²) in [5.74, 6) is 0.274. The molecule has 0 aromatic heterocycles. The van der Waals surface area contributed by atoms with Gasteiger partial charge >= 0.3 is 0 Å². The van der Waals surface area contributed by atoms with E-state index in [0.29, 0.717) is 25.1 Å². The third kappa shape index (κ3) is 3.63. The van der Waals surface area contributed by atoms with Crippen molar-refractivity contribution in [3.05, 3.63) is 65.2 Å². The number of benzene rings is 2. The predicted octanol–water partition coefficient (Wildman–Crippen LogP) is 2.93. The molecule has 2 aliphatic rings. The van der Waals surface area contributed by atoms with Crippen LogP contribution in [0.4, 0.5) is 5.69 Å². The highest BCUT2D eigenvalue weighted by Gasteiger charge is 2.33. The van der Waals surface area contributed by atoms with Crippen LogP contribution < -0.4 is 4.90 Å². The highest BCUT2D eigenvalue weighted by atomic mass is 16.2. The second-order valence-corrected chi connectivity index (χ2v) is 7.51. The van der Waals surface area contributed by atoms with Gasteiger partial charge in [-0.2, -0.15) is 5.26 Å². The minimum atomic E-state index is -0.00915. The number of likely N-dealkylation sites (tertiary alicyclic amines) is 1. The lowest BCUT2D eigenvalue weighted by Gasteiger charge is -2.33. The first-order valence-corrected chi connectivity index (χ1v) is 9.82. The van der Waals surface area contributed by atoms with Crippen molar-refractivity contribution in [2.24, 2.45) is 5.92 Å². The molecule has 0 saturated carbocycles. The minimum absolute atomic E-state index is 0.00915. The number of piperidine rings is 1. The summed E-state index contributed by atoms with van der Waals surface area (Å²) in [4.78, 5) is 29.4. The van der Waals surface area contributed by atoms with Gasteiger partial charge in [-0.15, -0.1) is 0 Å². The van der Waals surface area contributed by atoms with Crippen molar-refractivity contribution < 1.29 is 9.59 Å². The Labute approximate surface area is 165 Å². The summed E-state index contributed by atoms with van der Waals surface area (Å²) in [5, 5.41) is 8.86. The van der Waals surface area contributed by atoms with Gasteiger partial charge in [0, 0.05) is 31.2 Å². The number of rotatable bonds is 3. The Kier molecular flexibility index (Phi) is 5.12. The Balaban J connectivity index is 1.32. The zero-order valence-corrected chi connectivity index (χ0v) is 15.8. The molecule has 2 amide bonds. The number of nitrogens with zero attached hydrogens (tertiary/aromatic N) is 3. The molecule has 1 fully saturated rings. The van der Waals surface area contributed by atoms with Crippen LogP contribution in [-0.4, -0.2) is 36.3 Å². The second kappa shape index (κ2) is 7.85. The van der Waals surface area contributed by atoms with Gasteiger partial charge in [0.05, 0.1) is 18.1 Å². The van der Waals surface area contributed by atoms with Gasteiger partial charge in [-0.05, 0) is 48.6 Å². The molecule has 0 aliphatic carbocycles. The lowest BCUT2D eigenvalue weighted by atomic mass is 9.94. The molecule has 5 heteroatoms. The molecular weight excluding hydrogens is 350 g/mol. The fraction of sp³-hybridized carbons (Fsp3) is 0.348. The Hall–Kier alpha value is -3.13. The molecular formula is C23H23N3O2. The Bertz CT molecular complexity index is 922. The summed E-state index contributed by atoms with van der Waals surface area (Å²) in [5.41, 5.74) is 3.80. The van der Waals surface area contributed by atoms with Crippen LogP contribution in [0.5, 0.6) is 0 Å². The van der Waals surface area contributed by atoms with E-state index in [-0.39, 0.29) is 17.7 Å². The summed E-state index contributed by atoms with van der Waals surface area (Å²) in [6, 6.07) is 17.3. The van der Waals surface area contributed by atoms with E-state index in [4.69, 9.17) is 5.26 Å². The molecule has 4 rings (SSSR count). The van der Waals surface area contributed by atoms with Crippen LogP contribution >= 0.6 is 0 Å². The quantitative estimate of drug-likeness (QED) is 0.831. The maximum absolute atomic E-state index is 13.0. The van der Waals surface area contributed by atoms with Crippen molar-refractivity contribution >= 4 is 17.5 Å². The summed E-state index contributed by atoms with van der Waals surface area (Å²) in [6.07, 6.45) is 2.70. The van der Waals surface area contributed by atoms with Crippen LogP contribution in [0.1, 0.15) is 29.5 Å². The number of anilines is 1. The van der Waals surface area contributed by atoms with Gasteiger partial charge in [-0.25, -0.2) is 0 Å². The highest BCUT2D eigenvalue weighted by Crippen LogP contribution is 2.31. The highest BCUT2D eigenvalue weighted by molar-refractivity contribution is 5.97. The third-order valence-corrected chi connectivity index (χ3v) is 5.79. The maximum atomic E-state index is 13.0. The van der Waals surface area contributed by atoms with Crippen LogP contribution in [-0.2, 0) is 22.4 Å². The smallest absolute Gasteiger partial charge is 0.230 e. The van der Waals surface area contributed by atoms with Crippen molar-refractivity contribution in [3.8, 4) is 6.07 Å². The van der Waals surface area contributed by atoms with Gasteiger partial charge in [-0.3, -0.25) is 9.59 Å². The van der Waals surface area contributed by atoms with E-state index >= 15 is 0 Å². The summed E-state index contributed by atoms with van der Waals surface area (Å²) < 4.78 is 0. The number of hydrogen-bond donors (Lipinski definition) is 0. The maximum Gasteiger partial charge on any atom is 0.230 e. The number of amides is 2. The molecule has 0 N–H and O–H groups in total. The molecule has 0 bridgehead atoms. The average molecular weight is 373 g/mol. The number of carbonyl (C=O) groups excluding carboxylic acids is 2. The first-order chi connectivity index (χ1) is 13.7. The number of hydrogen-bond acceptors (Lipinski definition) is 3. The Morgan fingerprint density at radius 3 is 2.43 bits per heavy atom. The summed E-state index contributed by atoms with van der Waals surface area (Å²) in [6.45, 7) is 2.01. The van der Waals surface area contributed by atoms with E-state index < -0.39 is 0 Å². The largest absolute Gasteiger partial charge is 0.342 e. The Morgan fingerprint density at radius 1 is 1.00 bits per heavy atom. The van der Waals surface area contributed by atoms with E-state index in [2.05, 4.69) is 12.1 Å². The molecule has 2 aromatic rings. The number of carbonyl (C=O) groups is 2. The van der Waals surface area contributed by atoms with Crippen LogP contribution in [0.15, 0.2) is 48.5 Å². The minimum Gasteiger partial charge on any atom is -0.342 e. The van der Waals surface area contributed by atoms with E-state index in [1.165, 1.54) is 5.56 Å². The summed E-state index contributed by atoms with van der Waals surface area (Å²) >= 11 is 0. The lowest BCUT2D eigenvalue weighted by Crippen LogP contribution is -2.44. The lowest BCUT2D eigenvalue weighted by molar-refractivity contribution is -0.134. The van der Waals surface area contributed by atoms with Gasteiger partial charge in [0.1, 0.15) is 0 Å². The number of para-hydroxylation sites is 1. The molecule has 142 valence electrons. The fourth-order valence-electron chi connectivity index (χ4n) is 4.15. The monoisotopic (exact) mass is 373 g/mol. The normalized spacial score (nSPS) is 16.5. The molecule has 2 heterocycles. The van der Waals surface area contributed by atoms with Crippen molar-refractivity contribution in [2.45, 2.75) is 25.7 Å². The molecule has 0 spiro atoms. The molecule has 0 atom stereocenters. The van der Waals surface area contributed by atoms with Crippen LogP contribution in [0.25, 0.3) is 0 Å². The van der Waals surface area contributed by atoms with Crippen molar-refractivity contribution in [1.82, 2.24) is 4.90 Å². The number of nitriles is 1. The van der Waals surface area contributed by atoms with Gasteiger partial charge in [0.15, 0.2) is 0 Å². The standard InChI is InChI=1S/C23H23N3O2/c24-16-18-7-5-17(6-8-18)15-22(27)25-12-9-20(10-13-25)23(28)26-14-11-19-3-1-2-4-21(19)26/h1-8,20H,9-15H2. The summed E-state index contributed by atoms with van der Waals surface area (Å²) in [7, 11) is 0. The average Bonchev–Trinajstić information content (AvgIpc) is 3.18. The zero-order valence-electron chi connectivity index (χ0n) is 15.8. The topological polar surface area (TPSA) is 64.4 Å². The SMILES string of the molecule is N#Cc1ccc(CC(=O)N2CCC(C(=O)N3CCc4ccccc43)CC2)cc1. The molecule has 5 nitrogen and oxygen atoms in total. The van der Waals surface area contributed by atoms with Crippen molar-refractivity contribution in [2.75, 3.05) is 24.5 Å². The third-order valence-electron chi connectivity index (χ3n) is 5.79. The van der Waals surface area contributed by atoms with E-state index in [0.717, 1.165) is 37.1 Å². The van der Waals surface area contributed by atoms with Crippen LogP contribution in [0.3, 0.4) is 0 Å². The molecule has 2 aromatic carbocycles. The van der Waals surface area contributed by atoms with Gasteiger partial charge in [-0.1, -0.05) is 30.3 Å². The predicted molar refractivity (Wildman–Crippen MR) is 107 cm³/mol. The van der Waals surface area contributed by atoms with Crippen molar-refractivity contribution in [1.29, 1.82) is 5.26 Å². The van der Waals surface area contributed by atoms with E-state index in [1.54, 1.807) is 12.1 Å². The first-order valence-electron chi connectivity index (χ1n) is 9.82. The first kappa shape index (κ1) is 18.2. The van der Waals surface area contributed by atoms with Gasteiger partial charge in [0.25, 0.3) is 0 Å². The second-order valence-electron chi connectivity index (χ2n) is 7.51. The van der Waals surface area contributed by atoms with E-state index in [1.807, 2.05) is 40.1 Å². The molecule has 28 heavy (non-hydrogen) atoms. The molecule has 0 radical (unpaired) electrons. The molecule has 2 aliphatic heterocycles.